The molecule has 1 amide bonds. The summed E-state index contributed by atoms with van der Waals surface area (Å²) in [6, 6.07) is 6.58. The van der Waals surface area contributed by atoms with Gasteiger partial charge in [-0.2, -0.15) is 13.2 Å². The van der Waals surface area contributed by atoms with Gasteiger partial charge < -0.3 is 10.2 Å². The van der Waals surface area contributed by atoms with Gasteiger partial charge in [0, 0.05) is 30.9 Å². The number of nitrogens with one attached hydrogen (secondary N) is 1. The molecular weight excluding hydrogens is 362 g/mol. The van der Waals surface area contributed by atoms with E-state index in [-0.39, 0.29) is 11.8 Å². The highest BCUT2D eigenvalue weighted by molar-refractivity contribution is 5.93. The number of amides is 1. The van der Waals surface area contributed by atoms with Crippen LogP contribution in [-0.2, 0) is 11.0 Å². The molecular formula is C19H19F4N3O. The predicted molar refractivity (Wildman–Crippen MR) is 93.9 cm³/mol. The van der Waals surface area contributed by atoms with E-state index >= 15 is 0 Å². The second-order valence-electron chi connectivity index (χ2n) is 6.61. The summed E-state index contributed by atoms with van der Waals surface area (Å²) in [5, 5.41) is 2.76. The first kappa shape index (κ1) is 19.1. The van der Waals surface area contributed by atoms with Crippen molar-refractivity contribution in [2.45, 2.75) is 25.9 Å². The lowest BCUT2D eigenvalue weighted by atomic mass is 9.95. The van der Waals surface area contributed by atoms with Crippen molar-refractivity contribution in [3.63, 3.8) is 0 Å². The Labute approximate surface area is 154 Å². The van der Waals surface area contributed by atoms with Crippen molar-refractivity contribution >= 4 is 17.4 Å². The molecule has 1 N–H and O–H groups in total. The molecule has 1 aliphatic rings. The van der Waals surface area contributed by atoms with Gasteiger partial charge in [0.1, 0.15) is 11.6 Å². The molecule has 0 spiro atoms. The van der Waals surface area contributed by atoms with Crippen LogP contribution < -0.4 is 10.2 Å². The zero-order valence-electron chi connectivity index (χ0n) is 14.7. The van der Waals surface area contributed by atoms with E-state index < -0.39 is 17.6 Å². The molecule has 1 aliphatic heterocycles. The average Bonchev–Trinajstić information content (AvgIpc) is 2.64. The first-order chi connectivity index (χ1) is 12.7. The third-order valence-corrected chi connectivity index (χ3v) is 4.72. The summed E-state index contributed by atoms with van der Waals surface area (Å²) in [6.07, 6.45) is -2.50. The Bertz CT molecular complexity index is 813. The summed E-state index contributed by atoms with van der Waals surface area (Å²) in [5.41, 5.74) is 0.439. The van der Waals surface area contributed by atoms with Crippen LogP contribution in [0.15, 0.2) is 36.5 Å². The summed E-state index contributed by atoms with van der Waals surface area (Å²) in [5.74, 6) is -0.371. The number of benzene rings is 1. The normalized spacial score (nSPS) is 15.7. The SMILES string of the molecule is Cc1ccc(F)cc1NC(=O)C1CCN(c2ccc(C(F)(F)F)cn2)CC1. The van der Waals surface area contributed by atoms with Crippen molar-refractivity contribution in [3.8, 4) is 0 Å². The Balaban J connectivity index is 1.58. The molecule has 0 saturated carbocycles. The van der Waals surface area contributed by atoms with Gasteiger partial charge in [0.2, 0.25) is 5.91 Å². The number of hydrogen-bond acceptors (Lipinski definition) is 3. The van der Waals surface area contributed by atoms with Gasteiger partial charge in [-0.1, -0.05) is 6.07 Å². The van der Waals surface area contributed by atoms with E-state index in [9.17, 15) is 22.4 Å². The van der Waals surface area contributed by atoms with Crippen LogP contribution in [0, 0.1) is 18.7 Å². The monoisotopic (exact) mass is 381 g/mol. The summed E-state index contributed by atoms with van der Waals surface area (Å²) < 4.78 is 51.2. The number of alkyl halides is 3. The summed E-state index contributed by atoms with van der Waals surface area (Å²) in [6.45, 7) is 2.81. The largest absolute Gasteiger partial charge is 0.417 e. The Morgan fingerprint density at radius 2 is 1.89 bits per heavy atom. The fraction of sp³-hybridized carbons (Fsp3) is 0.368. The van der Waals surface area contributed by atoms with Crippen molar-refractivity contribution in [2.75, 3.05) is 23.3 Å². The van der Waals surface area contributed by atoms with Gasteiger partial charge in [0.25, 0.3) is 0 Å². The van der Waals surface area contributed by atoms with E-state index in [2.05, 4.69) is 10.3 Å². The molecule has 0 radical (unpaired) electrons. The van der Waals surface area contributed by atoms with E-state index in [1.54, 1.807) is 13.0 Å². The Hall–Kier alpha value is -2.64. The molecule has 1 fully saturated rings. The van der Waals surface area contributed by atoms with Crippen LogP contribution in [0.3, 0.4) is 0 Å². The van der Waals surface area contributed by atoms with Crippen LogP contribution >= 0.6 is 0 Å². The van der Waals surface area contributed by atoms with Crippen LogP contribution in [0.4, 0.5) is 29.1 Å². The number of piperidine rings is 1. The third-order valence-electron chi connectivity index (χ3n) is 4.72. The quantitative estimate of drug-likeness (QED) is 0.802. The first-order valence-corrected chi connectivity index (χ1v) is 8.59. The number of aryl methyl sites for hydroxylation is 1. The molecule has 0 aliphatic carbocycles. The number of carbonyl (C=O) groups excluding carboxylic acids is 1. The molecule has 3 rings (SSSR count). The molecule has 144 valence electrons. The molecule has 2 aromatic rings. The van der Waals surface area contributed by atoms with Crippen molar-refractivity contribution < 1.29 is 22.4 Å². The number of aromatic nitrogens is 1. The van der Waals surface area contributed by atoms with Gasteiger partial charge in [-0.05, 0) is 49.6 Å². The molecule has 8 heteroatoms. The lowest BCUT2D eigenvalue weighted by Gasteiger charge is -2.32. The van der Waals surface area contributed by atoms with E-state index in [1.165, 1.54) is 18.2 Å². The highest BCUT2D eigenvalue weighted by atomic mass is 19.4. The van der Waals surface area contributed by atoms with E-state index in [4.69, 9.17) is 0 Å². The Morgan fingerprint density at radius 3 is 2.48 bits per heavy atom. The van der Waals surface area contributed by atoms with Crippen molar-refractivity contribution in [1.29, 1.82) is 0 Å². The van der Waals surface area contributed by atoms with E-state index in [1.807, 2.05) is 4.90 Å². The second kappa shape index (κ2) is 7.54. The maximum absolute atomic E-state index is 13.3. The third kappa shape index (κ3) is 4.56. The predicted octanol–water partition coefficient (Wildman–Crippen LogP) is 4.40. The number of carbonyl (C=O) groups is 1. The molecule has 0 atom stereocenters. The van der Waals surface area contributed by atoms with Crippen LogP contribution in [-0.4, -0.2) is 24.0 Å². The summed E-state index contributed by atoms with van der Waals surface area (Å²) in [4.78, 5) is 18.2. The molecule has 1 saturated heterocycles. The molecule has 1 aromatic heterocycles. The molecule has 0 bridgehead atoms. The Morgan fingerprint density at radius 1 is 1.19 bits per heavy atom. The maximum Gasteiger partial charge on any atom is 0.417 e. The van der Waals surface area contributed by atoms with Crippen LogP contribution in [0.25, 0.3) is 0 Å². The molecule has 2 heterocycles. The van der Waals surface area contributed by atoms with Gasteiger partial charge in [-0.3, -0.25) is 4.79 Å². The average molecular weight is 381 g/mol. The highest BCUT2D eigenvalue weighted by Gasteiger charge is 2.31. The molecule has 4 nitrogen and oxygen atoms in total. The zero-order valence-corrected chi connectivity index (χ0v) is 14.7. The van der Waals surface area contributed by atoms with Gasteiger partial charge in [0.05, 0.1) is 5.56 Å². The minimum Gasteiger partial charge on any atom is -0.357 e. The Kier molecular flexibility index (Phi) is 5.34. The number of halogens is 4. The van der Waals surface area contributed by atoms with Crippen LogP contribution in [0.2, 0.25) is 0 Å². The van der Waals surface area contributed by atoms with Crippen molar-refractivity contribution in [1.82, 2.24) is 4.98 Å². The van der Waals surface area contributed by atoms with Gasteiger partial charge in [-0.15, -0.1) is 0 Å². The molecule has 1 aromatic carbocycles. The molecule has 27 heavy (non-hydrogen) atoms. The van der Waals surface area contributed by atoms with Gasteiger partial charge in [0.15, 0.2) is 0 Å². The maximum atomic E-state index is 13.3. The lowest BCUT2D eigenvalue weighted by molar-refractivity contribution is -0.137. The number of rotatable bonds is 3. The summed E-state index contributed by atoms with van der Waals surface area (Å²) >= 11 is 0. The van der Waals surface area contributed by atoms with Crippen molar-refractivity contribution in [2.24, 2.45) is 5.92 Å². The van der Waals surface area contributed by atoms with Gasteiger partial charge >= 0.3 is 6.18 Å². The lowest BCUT2D eigenvalue weighted by Crippen LogP contribution is -2.38. The number of pyridine rings is 1. The standard InChI is InChI=1S/C19H19F4N3O/c1-12-2-4-15(20)10-16(12)25-18(27)13-6-8-26(9-7-13)17-5-3-14(11-24-17)19(21,22)23/h2-5,10-11,13H,6-9H2,1H3,(H,25,27). The minimum atomic E-state index is -4.41. The zero-order chi connectivity index (χ0) is 19.6. The topological polar surface area (TPSA) is 45.2 Å². The van der Waals surface area contributed by atoms with E-state index in [0.717, 1.165) is 17.8 Å². The van der Waals surface area contributed by atoms with Crippen LogP contribution in [0.1, 0.15) is 24.0 Å². The molecule has 0 unspecified atom stereocenters. The fourth-order valence-electron chi connectivity index (χ4n) is 3.08. The van der Waals surface area contributed by atoms with Crippen LogP contribution in [0.5, 0.6) is 0 Å². The van der Waals surface area contributed by atoms with Gasteiger partial charge in [-0.25, -0.2) is 9.37 Å². The minimum absolute atomic E-state index is 0.177. The number of hydrogen-bond donors (Lipinski definition) is 1. The second-order valence-corrected chi connectivity index (χ2v) is 6.61. The van der Waals surface area contributed by atoms with E-state index in [0.29, 0.717) is 37.4 Å². The number of anilines is 2. The smallest absolute Gasteiger partial charge is 0.357 e. The van der Waals surface area contributed by atoms with Crippen molar-refractivity contribution in [3.05, 3.63) is 53.5 Å². The summed E-state index contributed by atoms with van der Waals surface area (Å²) in [7, 11) is 0. The highest BCUT2D eigenvalue weighted by Crippen LogP contribution is 2.30. The first-order valence-electron chi connectivity index (χ1n) is 8.59. The fourth-order valence-corrected chi connectivity index (χ4v) is 3.08. The number of nitrogens with zero attached hydrogens (tertiary/aromatic N) is 2.